The molecular formula is C21H21F6N3O2. The second-order valence-electron chi connectivity index (χ2n) is 7.98. The lowest BCUT2D eigenvalue weighted by Gasteiger charge is -2.31. The first-order valence-corrected chi connectivity index (χ1v) is 10.2. The van der Waals surface area contributed by atoms with E-state index < -0.39 is 24.0 Å². The predicted octanol–water partition coefficient (Wildman–Crippen LogP) is 5.48. The van der Waals surface area contributed by atoms with E-state index in [0.29, 0.717) is 5.39 Å². The van der Waals surface area contributed by atoms with Gasteiger partial charge >= 0.3 is 12.5 Å². The molecule has 0 radical (unpaired) electrons. The number of aliphatic hydroxyl groups excluding tert-OH is 1. The van der Waals surface area contributed by atoms with Gasteiger partial charge in [0.05, 0.1) is 17.2 Å². The van der Waals surface area contributed by atoms with Crippen LogP contribution < -0.4 is 9.64 Å². The van der Waals surface area contributed by atoms with E-state index in [-0.39, 0.29) is 36.3 Å². The van der Waals surface area contributed by atoms with Crippen LogP contribution >= 0.6 is 0 Å². The van der Waals surface area contributed by atoms with Crippen molar-refractivity contribution in [2.24, 2.45) is 5.92 Å². The molecule has 1 N–H and O–H groups in total. The molecule has 2 aliphatic rings. The molecule has 1 fully saturated rings. The first kappa shape index (κ1) is 22.5. The van der Waals surface area contributed by atoms with Crippen molar-refractivity contribution in [2.75, 3.05) is 18.1 Å². The van der Waals surface area contributed by atoms with Gasteiger partial charge in [-0.1, -0.05) is 12.2 Å². The van der Waals surface area contributed by atoms with Crippen LogP contribution in [0.3, 0.4) is 0 Å². The maximum Gasteiger partial charge on any atom is 0.573 e. The Kier molecular flexibility index (Phi) is 5.87. The smallest absolute Gasteiger partial charge is 0.403 e. The average molecular weight is 461 g/mol. The van der Waals surface area contributed by atoms with Crippen LogP contribution in [-0.2, 0) is 0 Å². The van der Waals surface area contributed by atoms with Gasteiger partial charge in [0.15, 0.2) is 5.75 Å². The minimum absolute atomic E-state index is 0.00388. The Balaban J connectivity index is 1.75. The Morgan fingerprint density at radius 2 is 1.78 bits per heavy atom. The van der Waals surface area contributed by atoms with Gasteiger partial charge in [0.2, 0.25) is 0 Å². The van der Waals surface area contributed by atoms with Crippen LogP contribution in [-0.4, -0.2) is 40.6 Å². The highest BCUT2D eigenvalue weighted by Gasteiger charge is 2.40. The summed E-state index contributed by atoms with van der Waals surface area (Å²) in [7, 11) is 0. The van der Waals surface area contributed by atoms with E-state index >= 15 is 0 Å². The van der Waals surface area contributed by atoms with Crippen molar-refractivity contribution < 1.29 is 36.2 Å². The molecule has 0 amide bonds. The number of aliphatic hydroxyl groups is 1. The normalized spacial score (nSPS) is 22.3. The number of allylic oxidation sites excluding steroid dienone is 3. The van der Waals surface area contributed by atoms with E-state index in [9.17, 15) is 31.4 Å². The van der Waals surface area contributed by atoms with Crippen molar-refractivity contribution in [1.29, 1.82) is 0 Å². The van der Waals surface area contributed by atoms with Crippen LogP contribution in [0.4, 0.5) is 32.0 Å². The van der Waals surface area contributed by atoms with Crippen LogP contribution in [0.1, 0.15) is 31.7 Å². The zero-order chi connectivity index (χ0) is 23.1. The molecule has 1 aromatic carbocycles. The zero-order valence-corrected chi connectivity index (χ0v) is 16.8. The first-order valence-electron chi connectivity index (χ1n) is 10.2. The molecule has 0 unspecified atom stereocenters. The largest absolute Gasteiger partial charge is 0.573 e. The minimum Gasteiger partial charge on any atom is -0.403 e. The molecule has 0 saturated heterocycles. The van der Waals surface area contributed by atoms with Crippen molar-refractivity contribution >= 4 is 16.6 Å². The van der Waals surface area contributed by atoms with Crippen molar-refractivity contribution in [3.63, 3.8) is 0 Å². The highest BCUT2D eigenvalue weighted by molar-refractivity contribution is 5.86. The quantitative estimate of drug-likeness (QED) is 0.613. The highest BCUT2D eigenvalue weighted by Crippen LogP contribution is 2.42. The molecule has 1 aliphatic carbocycles. The summed E-state index contributed by atoms with van der Waals surface area (Å²) >= 11 is 0. The van der Waals surface area contributed by atoms with E-state index in [2.05, 4.69) is 9.84 Å². The van der Waals surface area contributed by atoms with Gasteiger partial charge < -0.3 is 14.7 Å². The Morgan fingerprint density at radius 1 is 1.06 bits per heavy atom. The van der Waals surface area contributed by atoms with E-state index in [4.69, 9.17) is 0 Å². The number of hydrogen-bond acceptors (Lipinski definition) is 4. The van der Waals surface area contributed by atoms with E-state index in [1.807, 2.05) is 0 Å². The fourth-order valence-corrected chi connectivity index (χ4v) is 4.25. The maximum atomic E-state index is 13.5. The molecule has 5 nitrogen and oxygen atoms in total. The van der Waals surface area contributed by atoms with Gasteiger partial charge in [-0.2, -0.15) is 18.3 Å². The summed E-state index contributed by atoms with van der Waals surface area (Å²) < 4.78 is 85.5. The van der Waals surface area contributed by atoms with Crippen LogP contribution in [0.2, 0.25) is 0 Å². The summed E-state index contributed by atoms with van der Waals surface area (Å²) in [4.78, 5) is 0.754. The molecular weight excluding hydrogens is 440 g/mol. The number of fused-ring (bicyclic) bond motifs is 1. The number of hydrogen-bond donors (Lipinski definition) is 1. The lowest BCUT2D eigenvalue weighted by molar-refractivity contribution is -0.274. The molecule has 0 spiro atoms. The second kappa shape index (κ2) is 8.34. The molecule has 1 aromatic heterocycles. The summed E-state index contributed by atoms with van der Waals surface area (Å²) in [6.45, 7) is -0.154. The SMILES string of the molecule is OCC1CCC(n2cc3cc(N4CC=CC=C4C(F)(F)F)c(OC(F)(F)F)cc3n2)CC1. The van der Waals surface area contributed by atoms with E-state index in [0.717, 1.165) is 42.7 Å². The number of nitrogens with zero attached hydrogens (tertiary/aromatic N) is 3. The standard InChI is InChI=1S/C21H21F6N3O2/c22-20(23,24)19-3-1-2-8-29(19)17-9-14-11-30(15-6-4-13(12-31)5-7-15)28-16(14)10-18(17)32-21(25,26)27/h1-3,9-11,13,15,31H,4-8,12H2. The van der Waals surface area contributed by atoms with Gasteiger partial charge in [-0.15, -0.1) is 13.2 Å². The third-order valence-electron chi connectivity index (χ3n) is 5.83. The fraction of sp³-hybridized carbons (Fsp3) is 0.476. The van der Waals surface area contributed by atoms with Crippen molar-refractivity contribution in [2.45, 2.75) is 44.3 Å². The van der Waals surface area contributed by atoms with Gasteiger partial charge in [0.1, 0.15) is 5.70 Å². The highest BCUT2D eigenvalue weighted by atomic mass is 19.4. The van der Waals surface area contributed by atoms with E-state index in [1.165, 1.54) is 18.2 Å². The molecule has 2 heterocycles. The molecule has 32 heavy (non-hydrogen) atoms. The van der Waals surface area contributed by atoms with Crippen LogP contribution in [0.15, 0.2) is 42.3 Å². The molecule has 174 valence electrons. The van der Waals surface area contributed by atoms with Crippen LogP contribution in [0, 0.1) is 5.92 Å². The van der Waals surface area contributed by atoms with Gasteiger partial charge in [-0.3, -0.25) is 4.68 Å². The maximum absolute atomic E-state index is 13.5. The fourth-order valence-electron chi connectivity index (χ4n) is 4.25. The minimum atomic E-state index is -5.08. The number of rotatable bonds is 4. The topological polar surface area (TPSA) is 50.5 Å². The summed E-state index contributed by atoms with van der Waals surface area (Å²) in [6, 6.07) is 2.28. The predicted molar refractivity (Wildman–Crippen MR) is 105 cm³/mol. The van der Waals surface area contributed by atoms with E-state index in [1.54, 1.807) is 10.9 Å². The summed E-state index contributed by atoms with van der Waals surface area (Å²) in [5, 5.41) is 14.1. The summed E-state index contributed by atoms with van der Waals surface area (Å²) in [5.41, 5.74) is -1.23. The Hall–Kier alpha value is -2.69. The van der Waals surface area contributed by atoms with Crippen molar-refractivity contribution in [3.05, 3.63) is 42.3 Å². The number of aromatic nitrogens is 2. The van der Waals surface area contributed by atoms with Crippen molar-refractivity contribution in [1.82, 2.24) is 9.78 Å². The number of alkyl halides is 6. The molecule has 2 aromatic rings. The number of ether oxygens (including phenoxy) is 1. The number of benzene rings is 1. The van der Waals surface area contributed by atoms with Crippen LogP contribution in [0.5, 0.6) is 5.75 Å². The third kappa shape index (κ3) is 4.72. The Bertz CT molecular complexity index is 1030. The molecule has 0 bridgehead atoms. The third-order valence-corrected chi connectivity index (χ3v) is 5.83. The zero-order valence-electron chi connectivity index (χ0n) is 16.8. The number of anilines is 1. The van der Waals surface area contributed by atoms with Crippen LogP contribution in [0.25, 0.3) is 10.9 Å². The monoisotopic (exact) mass is 461 g/mol. The first-order chi connectivity index (χ1) is 15.0. The molecule has 1 saturated carbocycles. The van der Waals surface area contributed by atoms with Gasteiger partial charge in [0.25, 0.3) is 0 Å². The molecule has 0 atom stereocenters. The van der Waals surface area contributed by atoms with Gasteiger partial charge in [0, 0.05) is 30.8 Å². The number of halogens is 6. The Labute approximate surface area is 179 Å². The average Bonchev–Trinajstić information content (AvgIpc) is 3.14. The lowest BCUT2D eigenvalue weighted by atomic mass is 9.87. The second-order valence-corrected chi connectivity index (χ2v) is 7.98. The van der Waals surface area contributed by atoms with Crippen molar-refractivity contribution in [3.8, 4) is 5.75 Å². The van der Waals surface area contributed by atoms with Gasteiger partial charge in [-0.05, 0) is 43.7 Å². The summed E-state index contributed by atoms with van der Waals surface area (Å²) in [6.07, 6.45) is -1.68. The molecule has 11 heteroatoms. The Morgan fingerprint density at radius 3 is 2.41 bits per heavy atom. The molecule has 4 rings (SSSR count). The van der Waals surface area contributed by atoms with Gasteiger partial charge in [-0.25, -0.2) is 0 Å². The lowest BCUT2D eigenvalue weighted by Crippen LogP contribution is -2.34. The summed E-state index contributed by atoms with van der Waals surface area (Å²) in [5.74, 6) is -0.529. The molecule has 1 aliphatic heterocycles.